The second kappa shape index (κ2) is 3.61. The highest BCUT2D eigenvalue weighted by molar-refractivity contribution is 5.38. The van der Waals surface area contributed by atoms with E-state index in [0.29, 0.717) is 6.42 Å². The normalized spacial score (nSPS) is 23.5. The molecule has 0 amide bonds. The lowest BCUT2D eigenvalue weighted by Gasteiger charge is -2.17. The van der Waals surface area contributed by atoms with E-state index in [1.165, 1.54) is 0 Å². The monoisotopic (exact) mass is 215 g/mol. The van der Waals surface area contributed by atoms with Gasteiger partial charge in [-0.3, -0.25) is 4.98 Å². The van der Waals surface area contributed by atoms with E-state index in [9.17, 15) is 5.11 Å². The van der Waals surface area contributed by atoms with Gasteiger partial charge in [-0.1, -0.05) is 17.9 Å². The third kappa shape index (κ3) is 2.10. The zero-order valence-electron chi connectivity index (χ0n) is 10.0. The Morgan fingerprint density at radius 2 is 2.19 bits per heavy atom. The van der Waals surface area contributed by atoms with Gasteiger partial charge < -0.3 is 5.11 Å². The third-order valence-corrected chi connectivity index (χ3v) is 2.68. The van der Waals surface area contributed by atoms with E-state index < -0.39 is 5.60 Å². The summed E-state index contributed by atoms with van der Waals surface area (Å²) in [6, 6.07) is 3.92. The average Bonchev–Trinajstić information content (AvgIpc) is 2.55. The van der Waals surface area contributed by atoms with Crippen LogP contribution in [0.5, 0.6) is 0 Å². The standard InChI is InChI=1S/C14H17NO/c1-13(2,3)8-9-14(16)7-6-11-5-4-10-15-12(11)14/h4-5,10,16H,6-7H2,1-3H3. The van der Waals surface area contributed by atoms with Crippen molar-refractivity contribution >= 4 is 0 Å². The van der Waals surface area contributed by atoms with Crippen LogP contribution in [0.25, 0.3) is 0 Å². The van der Waals surface area contributed by atoms with Crippen LogP contribution >= 0.6 is 0 Å². The molecule has 1 aromatic heterocycles. The number of hydrogen-bond acceptors (Lipinski definition) is 2. The Hall–Kier alpha value is -1.33. The quantitative estimate of drug-likeness (QED) is 0.673. The molecule has 1 aromatic rings. The molecule has 16 heavy (non-hydrogen) atoms. The van der Waals surface area contributed by atoms with E-state index in [0.717, 1.165) is 17.7 Å². The lowest BCUT2D eigenvalue weighted by molar-refractivity contribution is 0.0978. The first-order valence-electron chi connectivity index (χ1n) is 5.62. The molecule has 0 aliphatic heterocycles. The van der Waals surface area contributed by atoms with Crippen LogP contribution in [0.4, 0.5) is 0 Å². The fourth-order valence-corrected chi connectivity index (χ4v) is 1.86. The maximum atomic E-state index is 10.5. The van der Waals surface area contributed by atoms with Crippen molar-refractivity contribution in [3.63, 3.8) is 0 Å². The molecule has 0 spiro atoms. The van der Waals surface area contributed by atoms with E-state index in [1.54, 1.807) is 6.20 Å². The van der Waals surface area contributed by atoms with Gasteiger partial charge in [0, 0.05) is 11.6 Å². The van der Waals surface area contributed by atoms with Crippen molar-refractivity contribution < 1.29 is 5.11 Å². The molecule has 1 aliphatic carbocycles. The fraction of sp³-hybridized carbons (Fsp3) is 0.500. The van der Waals surface area contributed by atoms with Gasteiger partial charge in [0.05, 0.1) is 5.69 Å². The molecular weight excluding hydrogens is 198 g/mol. The van der Waals surface area contributed by atoms with Crippen LogP contribution in [-0.4, -0.2) is 10.1 Å². The summed E-state index contributed by atoms with van der Waals surface area (Å²) >= 11 is 0. The van der Waals surface area contributed by atoms with Crippen LogP contribution in [0.15, 0.2) is 18.3 Å². The maximum absolute atomic E-state index is 10.5. The Morgan fingerprint density at radius 1 is 1.44 bits per heavy atom. The highest BCUT2D eigenvalue weighted by atomic mass is 16.3. The van der Waals surface area contributed by atoms with Gasteiger partial charge in [-0.15, -0.1) is 0 Å². The summed E-state index contributed by atoms with van der Waals surface area (Å²) in [6.07, 6.45) is 3.23. The van der Waals surface area contributed by atoms with Crippen molar-refractivity contribution in [3.8, 4) is 11.8 Å². The largest absolute Gasteiger partial charge is 0.372 e. The zero-order valence-corrected chi connectivity index (χ0v) is 10.0. The van der Waals surface area contributed by atoms with Gasteiger partial charge in [-0.2, -0.15) is 0 Å². The number of nitrogens with zero attached hydrogens (tertiary/aromatic N) is 1. The van der Waals surface area contributed by atoms with Gasteiger partial charge in [0.2, 0.25) is 0 Å². The van der Waals surface area contributed by atoms with Crippen molar-refractivity contribution in [2.24, 2.45) is 5.41 Å². The predicted molar refractivity (Wildman–Crippen MR) is 63.7 cm³/mol. The Morgan fingerprint density at radius 3 is 2.88 bits per heavy atom. The molecule has 1 atom stereocenters. The SMILES string of the molecule is CC(C)(C)C#CC1(O)CCc2cccnc21. The molecule has 1 unspecified atom stereocenters. The highest BCUT2D eigenvalue weighted by Gasteiger charge is 2.36. The number of pyridine rings is 1. The molecule has 1 N–H and O–H groups in total. The smallest absolute Gasteiger partial charge is 0.168 e. The van der Waals surface area contributed by atoms with Gasteiger partial charge in [-0.25, -0.2) is 0 Å². The minimum Gasteiger partial charge on any atom is -0.372 e. The molecule has 0 radical (unpaired) electrons. The molecule has 2 rings (SSSR count). The highest BCUT2D eigenvalue weighted by Crippen LogP contribution is 2.34. The second-order valence-corrected chi connectivity index (χ2v) is 5.37. The van der Waals surface area contributed by atoms with Crippen LogP contribution in [0, 0.1) is 17.3 Å². The van der Waals surface area contributed by atoms with Gasteiger partial charge in [0.15, 0.2) is 5.60 Å². The summed E-state index contributed by atoms with van der Waals surface area (Å²) in [5.41, 5.74) is 0.733. The topological polar surface area (TPSA) is 33.1 Å². The Labute approximate surface area is 96.7 Å². The van der Waals surface area contributed by atoms with E-state index in [4.69, 9.17) is 0 Å². The summed E-state index contributed by atoms with van der Waals surface area (Å²) in [7, 11) is 0. The molecule has 1 aliphatic rings. The number of hydrogen-bond donors (Lipinski definition) is 1. The minimum absolute atomic E-state index is 0.0900. The van der Waals surface area contributed by atoms with Gasteiger partial charge >= 0.3 is 0 Å². The van der Waals surface area contributed by atoms with Crippen molar-refractivity contribution in [1.29, 1.82) is 0 Å². The van der Waals surface area contributed by atoms with E-state index in [1.807, 2.05) is 32.9 Å². The third-order valence-electron chi connectivity index (χ3n) is 2.68. The fourth-order valence-electron chi connectivity index (χ4n) is 1.86. The number of aryl methyl sites for hydroxylation is 1. The van der Waals surface area contributed by atoms with E-state index >= 15 is 0 Å². The molecule has 0 aromatic carbocycles. The maximum Gasteiger partial charge on any atom is 0.168 e. The van der Waals surface area contributed by atoms with Crippen LogP contribution in [-0.2, 0) is 12.0 Å². The van der Waals surface area contributed by atoms with Crippen molar-refractivity contribution in [1.82, 2.24) is 4.98 Å². The Kier molecular flexibility index (Phi) is 2.52. The summed E-state index contributed by atoms with van der Waals surface area (Å²) in [5.74, 6) is 6.10. The van der Waals surface area contributed by atoms with Crippen LogP contribution < -0.4 is 0 Å². The van der Waals surface area contributed by atoms with Gasteiger partial charge in [-0.05, 0) is 45.2 Å². The Bertz CT molecular complexity index is 462. The predicted octanol–water partition coefficient (Wildman–Crippen LogP) is 2.26. The summed E-state index contributed by atoms with van der Waals surface area (Å²) < 4.78 is 0. The first-order chi connectivity index (χ1) is 7.41. The number of fused-ring (bicyclic) bond motifs is 1. The molecule has 0 fully saturated rings. The molecular formula is C14H17NO. The lowest BCUT2D eigenvalue weighted by Crippen LogP contribution is -2.21. The second-order valence-electron chi connectivity index (χ2n) is 5.37. The molecule has 1 heterocycles. The molecule has 0 saturated carbocycles. The summed E-state index contributed by atoms with van der Waals surface area (Å²) in [6.45, 7) is 6.12. The summed E-state index contributed by atoms with van der Waals surface area (Å²) in [5, 5.41) is 10.5. The van der Waals surface area contributed by atoms with Crippen molar-refractivity contribution in [3.05, 3.63) is 29.6 Å². The molecule has 2 nitrogen and oxygen atoms in total. The zero-order chi connectivity index (χ0) is 11.8. The van der Waals surface area contributed by atoms with Crippen LogP contribution in [0.2, 0.25) is 0 Å². The average molecular weight is 215 g/mol. The van der Waals surface area contributed by atoms with Crippen LogP contribution in [0.3, 0.4) is 0 Å². The number of aromatic nitrogens is 1. The minimum atomic E-state index is -1.04. The van der Waals surface area contributed by atoms with Crippen molar-refractivity contribution in [2.45, 2.75) is 39.2 Å². The van der Waals surface area contributed by atoms with Gasteiger partial charge in [0.25, 0.3) is 0 Å². The van der Waals surface area contributed by atoms with Crippen molar-refractivity contribution in [2.75, 3.05) is 0 Å². The van der Waals surface area contributed by atoms with E-state index in [-0.39, 0.29) is 5.41 Å². The number of rotatable bonds is 0. The molecule has 2 heteroatoms. The molecule has 84 valence electrons. The first kappa shape index (κ1) is 11.2. The summed E-state index contributed by atoms with van der Waals surface area (Å²) in [4.78, 5) is 4.26. The lowest BCUT2D eigenvalue weighted by atomic mass is 9.94. The van der Waals surface area contributed by atoms with Crippen LogP contribution in [0.1, 0.15) is 38.4 Å². The number of aliphatic hydroxyl groups is 1. The first-order valence-corrected chi connectivity index (χ1v) is 5.62. The molecule has 0 saturated heterocycles. The van der Waals surface area contributed by atoms with Gasteiger partial charge in [0.1, 0.15) is 0 Å². The molecule has 0 bridgehead atoms. The Balaban J connectivity index is 2.38. The van der Waals surface area contributed by atoms with E-state index in [2.05, 4.69) is 16.8 Å².